The summed E-state index contributed by atoms with van der Waals surface area (Å²) in [7, 11) is 0. The Morgan fingerprint density at radius 3 is 2.74 bits per heavy atom. The molecule has 2 aromatic carbocycles. The monoisotopic (exact) mass is 300 g/mol. The van der Waals surface area contributed by atoms with Crippen molar-refractivity contribution < 1.29 is 0 Å². The fraction of sp³-hybridized carbons (Fsp3) is 0.211. The zero-order valence-electron chi connectivity index (χ0n) is 13.0. The van der Waals surface area contributed by atoms with Gasteiger partial charge in [0.2, 0.25) is 0 Å². The molecular weight excluding hydrogens is 284 g/mol. The standard InChI is InChI=1S/C19H16N4/c1-13-6-7-17-16(10-13)19(18(11-20)22-21-17)23-9-8-14-4-2-3-5-15(14)12-23/h2-7,10H,8-9,12H2,1H3. The Hall–Kier alpha value is -2.93. The summed E-state index contributed by atoms with van der Waals surface area (Å²) in [6, 6.07) is 16.8. The van der Waals surface area contributed by atoms with Crippen LogP contribution in [-0.4, -0.2) is 16.7 Å². The highest BCUT2D eigenvalue weighted by atomic mass is 15.2. The SMILES string of the molecule is Cc1ccc2nnc(C#N)c(N3CCc4ccccc4C3)c2c1. The zero-order valence-corrected chi connectivity index (χ0v) is 13.0. The van der Waals surface area contributed by atoms with Crippen molar-refractivity contribution in [1.82, 2.24) is 10.2 Å². The van der Waals surface area contributed by atoms with E-state index in [1.54, 1.807) is 0 Å². The van der Waals surface area contributed by atoms with Crippen molar-refractivity contribution >= 4 is 16.6 Å². The number of aromatic nitrogens is 2. The number of hydrogen-bond donors (Lipinski definition) is 0. The second-order valence-corrected chi connectivity index (χ2v) is 5.97. The van der Waals surface area contributed by atoms with Gasteiger partial charge in [-0.25, -0.2) is 0 Å². The number of benzene rings is 2. The molecule has 1 aromatic heterocycles. The summed E-state index contributed by atoms with van der Waals surface area (Å²) in [5, 5.41) is 18.8. The van der Waals surface area contributed by atoms with Gasteiger partial charge in [-0.2, -0.15) is 5.26 Å². The molecule has 1 aliphatic rings. The fourth-order valence-electron chi connectivity index (χ4n) is 3.29. The van der Waals surface area contributed by atoms with Crippen molar-refractivity contribution in [2.45, 2.75) is 19.9 Å². The lowest BCUT2D eigenvalue weighted by atomic mass is 9.98. The van der Waals surface area contributed by atoms with Crippen molar-refractivity contribution in [1.29, 1.82) is 5.26 Å². The van der Waals surface area contributed by atoms with Crippen LogP contribution in [0.2, 0.25) is 0 Å². The van der Waals surface area contributed by atoms with Gasteiger partial charge in [-0.15, -0.1) is 10.2 Å². The molecule has 4 rings (SSSR count). The van der Waals surface area contributed by atoms with Crippen molar-refractivity contribution in [2.24, 2.45) is 0 Å². The Morgan fingerprint density at radius 2 is 1.91 bits per heavy atom. The molecule has 0 spiro atoms. The summed E-state index contributed by atoms with van der Waals surface area (Å²) in [5.41, 5.74) is 6.03. The van der Waals surface area contributed by atoms with E-state index in [4.69, 9.17) is 0 Å². The molecule has 3 aromatic rings. The lowest BCUT2D eigenvalue weighted by Crippen LogP contribution is -2.31. The minimum Gasteiger partial charge on any atom is -0.364 e. The average Bonchev–Trinajstić information content (AvgIpc) is 2.60. The third kappa shape index (κ3) is 2.31. The van der Waals surface area contributed by atoms with Gasteiger partial charge in [0.05, 0.1) is 11.2 Å². The predicted molar refractivity (Wildman–Crippen MR) is 90.2 cm³/mol. The van der Waals surface area contributed by atoms with Gasteiger partial charge in [0.1, 0.15) is 6.07 Å². The van der Waals surface area contributed by atoms with Crippen LogP contribution >= 0.6 is 0 Å². The van der Waals surface area contributed by atoms with Crippen molar-refractivity contribution in [2.75, 3.05) is 11.4 Å². The van der Waals surface area contributed by atoms with Gasteiger partial charge in [-0.05, 0) is 36.6 Å². The van der Waals surface area contributed by atoms with E-state index in [0.29, 0.717) is 5.69 Å². The molecule has 0 aliphatic carbocycles. The molecular formula is C19H16N4. The third-order valence-corrected chi connectivity index (χ3v) is 4.44. The van der Waals surface area contributed by atoms with E-state index in [-0.39, 0.29) is 0 Å². The van der Waals surface area contributed by atoms with Crippen LogP contribution in [0.4, 0.5) is 5.69 Å². The number of aryl methyl sites for hydroxylation is 1. The van der Waals surface area contributed by atoms with E-state index in [0.717, 1.165) is 41.7 Å². The van der Waals surface area contributed by atoms with Crippen LogP contribution in [0.1, 0.15) is 22.4 Å². The minimum absolute atomic E-state index is 0.405. The Bertz CT molecular complexity index is 940. The van der Waals surface area contributed by atoms with Crippen LogP contribution in [0.3, 0.4) is 0 Å². The van der Waals surface area contributed by atoms with Crippen molar-refractivity contribution in [3.05, 3.63) is 64.8 Å². The quantitative estimate of drug-likeness (QED) is 0.691. The maximum Gasteiger partial charge on any atom is 0.187 e. The van der Waals surface area contributed by atoms with Gasteiger partial charge >= 0.3 is 0 Å². The number of nitrogens with zero attached hydrogens (tertiary/aromatic N) is 4. The molecule has 0 N–H and O–H groups in total. The minimum atomic E-state index is 0.405. The first-order valence-electron chi connectivity index (χ1n) is 7.75. The van der Waals surface area contributed by atoms with Gasteiger partial charge in [-0.3, -0.25) is 0 Å². The largest absolute Gasteiger partial charge is 0.364 e. The summed E-state index contributed by atoms with van der Waals surface area (Å²) in [4.78, 5) is 2.26. The first-order valence-corrected chi connectivity index (χ1v) is 7.75. The summed E-state index contributed by atoms with van der Waals surface area (Å²) >= 11 is 0. The molecule has 0 atom stereocenters. The molecule has 2 heterocycles. The lowest BCUT2D eigenvalue weighted by molar-refractivity contribution is 0.730. The Balaban J connectivity index is 1.88. The van der Waals surface area contributed by atoms with Crippen LogP contribution in [0.15, 0.2) is 42.5 Å². The topological polar surface area (TPSA) is 52.8 Å². The fourth-order valence-corrected chi connectivity index (χ4v) is 3.29. The molecule has 0 bridgehead atoms. The molecule has 1 aliphatic heterocycles. The highest BCUT2D eigenvalue weighted by Gasteiger charge is 2.22. The summed E-state index contributed by atoms with van der Waals surface area (Å²) in [5.74, 6) is 0. The maximum atomic E-state index is 9.49. The summed E-state index contributed by atoms with van der Waals surface area (Å²) in [6.45, 7) is 3.75. The van der Waals surface area contributed by atoms with E-state index >= 15 is 0 Å². The number of anilines is 1. The average molecular weight is 300 g/mol. The number of nitriles is 1. The molecule has 0 amide bonds. The highest BCUT2D eigenvalue weighted by molar-refractivity contribution is 5.94. The van der Waals surface area contributed by atoms with Gasteiger partial charge < -0.3 is 4.90 Å². The molecule has 0 saturated heterocycles. The number of rotatable bonds is 1. The van der Waals surface area contributed by atoms with E-state index in [1.807, 2.05) is 12.1 Å². The molecule has 0 fully saturated rings. The Labute approximate surface area is 135 Å². The Kier molecular flexibility index (Phi) is 3.20. The van der Waals surface area contributed by atoms with Gasteiger partial charge in [0.25, 0.3) is 0 Å². The van der Waals surface area contributed by atoms with Crippen molar-refractivity contribution in [3.8, 4) is 6.07 Å². The van der Waals surface area contributed by atoms with Crippen LogP contribution in [0.5, 0.6) is 0 Å². The number of hydrogen-bond acceptors (Lipinski definition) is 4. The van der Waals surface area contributed by atoms with Crippen LogP contribution in [0, 0.1) is 18.3 Å². The summed E-state index contributed by atoms with van der Waals surface area (Å²) in [6.07, 6.45) is 0.983. The molecule has 0 radical (unpaired) electrons. The molecule has 112 valence electrons. The third-order valence-electron chi connectivity index (χ3n) is 4.44. The lowest BCUT2D eigenvalue weighted by Gasteiger charge is -2.31. The smallest absolute Gasteiger partial charge is 0.187 e. The van der Waals surface area contributed by atoms with E-state index in [1.165, 1.54) is 11.1 Å². The van der Waals surface area contributed by atoms with Crippen LogP contribution < -0.4 is 4.90 Å². The number of fused-ring (bicyclic) bond motifs is 2. The second-order valence-electron chi connectivity index (χ2n) is 5.97. The normalized spacial score (nSPS) is 13.7. The maximum absolute atomic E-state index is 9.49. The molecule has 23 heavy (non-hydrogen) atoms. The first-order chi connectivity index (χ1) is 11.3. The Morgan fingerprint density at radius 1 is 1.09 bits per heavy atom. The van der Waals surface area contributed by atoms with Gasteiger partial charge in [-0.1, -0.05) is 35.9 Å². The molecule has 4 heteroatoms. The first kappa shape index (κ1) is 13.7. The molecule has 4 nitrogen and oxygen atoms in total. The van der Waals surface area contributed by atoms with Crippen LogP contribution in [-0.2, 0) is 13.0 Å². The van der Waals surface area contributed by atoms with Crippen LogP contribution in [0.25, 0.3) is 10.9 Å². The van der Waals surface area contributed by atoms with E-state index in [9.17, 15) is 5.26 Å². The van der Waals surface area contributed by atoms with Gasteiger partial charge in [0, 0.05) is 18.5 Å². The zero-order chi connectivity index (χ0) is 15.8. The van der Waals surface area contributed by atoms with Crippen molar-refractivity contribution in [3.63, 3.8) is 0 Å². The summed E-state index contributed by atoms with van der Waals surface area (Å²) < 4.78 is 0. The second kappa shape index (κ2) is 5.36. The highest BCUT2D eigenvalue weighted by Crippen LogP contribution is 2.32. The molecule has 0 unspecified atom stereocenters. The molecule has 0 saturated carbocycles. The predicted octanol–water partition coefficient (Wildman–Crippen LogP) is 3.37. The van der Waals surface area contributed by atoms with Gasteiger partial charge in [0.15, 0.2) is 5.69 Å². The van der Waals surface area contributed by atoms with E-state index in [2.05, 4.69) is 58.4 Å². The van der Waals surface area contributed by atoms with E-state index < -0.39 is 0 Å².